The topological polar surface area (TPSA) is 71.7 Å². The van der Waals surface area contributed by atoms with Crippen LogP contribution < -0.4 is 4.74 Å². The lowest BCUT2D eigenvalue weighted by Gasteiger charge is -2.40. The van der Waals surface area contributed by atoms with Crippen molar-refractivity contribution in [3.8, 4) is 10.9 Å². The number of aromatic nitrogens is 2. The SMILES string of the molecule is CC(=O)N(C(C)C)C1CCN(Cc2coc3cc(Oc4nc5ncccc5s4)ccc23)CC1. The first kappa shape index (κ1) is 21.9. The number of likely N-dealkylation sites (tertiary alicyclic amines) is 1. The maximum Gasteiger partial charge on any atom is 0.281 e. The van der Waals surface area contributed by atoms with E-state index in [1.807, 2.05) is 35.4 Å². The van der Waals surface area contributed by atoms with Gasteiger partial charge in [0.15, 0.2) is 5.65 Å². The predicted octanol–water partition coefficient (Wildman–Crippen LogP) is 5.45. The Kier molecular flexibility index (Phi) is 6.03. The first-order valence-corrected chi connectivity index (χ1v) is 12.2. The van der Waals surface area contributed by atoms with Gasteiger partial charge in [0, 0.05) is 61.9 Å². The molecule has 1 saturated heterocycles. The van der Waals surface area contributed by atoms with Crippen LogP contribution in [-0.4, -0.2) is 50.8 Å². The van der Waals surface area contributed by atoms with Gasteiger partial charge in [-0.25, -0.2) is 4.98 Å². The highest BCUT2D eigenvalue weighted by Crippen LogP contribution is 2.33. The minimum Gasteiger partial charge on any atom is -0.464 e. The first-order valence-electron chi connectivity index (χ1n) is 11.4. The van der Waals surface area contributed by atoms with E-state index in [1.54, 1.807) is 13.1 Å². The summed E-state index contributed by atoms with van der Waals surface area (Å²) in [6.07, 6.45) is 5.58. The second-order valence-electron chi connectivity index (χ2n) is 8.85. The zero-order valence-electron chi connectivity index (χ0n) is 19.2. The molecule has 8 heteroatoms. The van der Waals surface area contributed by atoms with Gasteiger partial charge in [0.25, 0.3) is 5.19 Å². The van der Waals surface area contributed by atoms with Crippen molar-refractivity contribution in [1.82, 2.24) is 19.8 Å². The van der Waals surface area contributed by atoms with Crippen LogP contribution in [0.3, 0.4) is 0 Å². The summed E-state index contributed by atoms with van der Waals surface area (Å²) in [6.45, 7) is 8.65. The van der Waals surface area contributed by atoms with Crippen molar-refractivity contribution < 1.29 is 13.9 Å². The second-order valence-corrected chi connectivity index (χ2v) is 9.85. The third-order valence-corrected chi connectivity index (χ3v) is 7.13. The number of carbonyl (C=O) groups excluding carboxylic acids is 1. The Morgan fingerprint density at radius 2 is 2.12 bits per heavy atom. The Balaban J connectivity index is 1.24. The molecular weight excluding hydrogens is 436 g/mol. The molecule has 1 aliphatic rings. The Morgan fingerprint density at radius 3 is 2.85 bits per heavy atom. The number of ether oxygens (including phenoxy) is 1. The summed E-state index contributed by atoms with van der Waals surface area (Å²) in [5.74, 6) is 0.866. The molecule has 5 rings (SSSR count). The summed E-state index contributed by atoms with van der Waals surface area (Å²) in [5.41, 5.74) is 2.67. The molecule has 3 aromatic heterocycles. The molecule has 0 radical (unpaired) electrons. The number of hydrogen-bond acceptors (Lipinski definition) is 7. The molecule has 4 aromatic rings. The van der Waals surface area contributed by atoms with E-state index >= 15 is 0 Å². The number of pyridine rings is 1. The van der Waals surface area contributed by atoms with Crippen molar-refractivity contribution in [3.63, 3.8) is 0 Å². The highest BCUT2D eigenvalue weighted by atomic mass is 32.1. The molecular formula is C25H28N4O3S. The number of hydrogen-bond donors (Lipinski definition) is 0. The summed E-state index contributed by atoms with van der Waals surface area (Å²) in [4.78, 5) is 25.2. The number of rotatable bonds is 6. The third-order valence-electron chi connectivity index (χ3n) is 6.24. The van der Waals surface area contributed by atoms with Gasteiger partial charge >= 0.3 is 0 Å². The summed E-state index contributed by atoms with van der Waals surface area (Å²) in [6, 6.07) is 10.4. The van der Waals surface area contributed by atoms with Crippen molar-refractivity contribution in [2.45, 2.75) is 52.2 Å². The fourth-order valence-corrected chi connectivity index (χ4v) is 5.58. The molecule has 0 aliphatic carbocycles. The normalized spacial score (nSPS) is 15.5. The van der Waals surface area contributed by atoms with Gasteiger partial charge in [0.2, 0.25) is 5.91 Å². The van der Waals surface area contributed by atoms with E-state index in [0.29, 0.717) is 22.6 Å². The van der Waals surface area contributed by atoms with Crippen molar-refractivity contribution >= 4 is 38.6 Å². The largest absolute Gasteiger partial charge is 0.464 e. The third kappa shape index (κ3) is 4.58. The zero-order chi connectivity index (χ0) is 22.9. The number of nitrogens with zero attached hydrogens (tertiary/aromatic N) is 4. The van der Waals surface area contributed by atoms with E-state index in [1.165, 1.54) is 16.9 Å². The van der Waals surface area contributed by atoms with Crippen molar-refractivity contribution in [2.24, 2.45) is 0 Å². The highest BCUT2D eigenvalue weighted by Gasteiger charge is 2.28. The summed E-state index contributed by atoms with van der Waals surface area (Å²) >= 11 is 1.47. The van der Waals surface area contributed by atoms with Crippen molar-refractivity contribution in [2.75, 3.05) is 13.1 Å². The quantitative estimate of drug-likeness (QED) is 0.378. The second kappa shape index (κ2) is 9.11. The summed E-state index contributed by atoms with van der Waals surface area (Å²) < 4.78 is 12.8. The molecule has 0 unspecified atom stereocenters. The molecule has 7 nitrogen and oxygen atoms in total. The fraction of sp³-hybridized carbons (Fsp3) is 0.400. The molecule has 1 amide bonds. The van der Waals surface area contributed by atoms with E-state index in [2.05, 4.69) is 34.8 Å². The molecule has 0 saturated carbocycles. The average Bonchev–Trinajstić information content (AvgIpc) is 3.37. The van der Waals surface area contributed by atoms with Crippen molar-refractivity contribution in [3.05, 3.63) is 48.4 Å². The summed E-state index contributed by atoms with van der Waals surface area (Å²) in [7, 11) is 0. The van der Waals surface area contributed by atoms with Gasteiger partial charge in [-0.3, -0.25) is 9.69 Å². The number of piperidine rings is 1. The number of thiazole rings is 1. The van der Waals surface area contributed by atoms with E-state index in [0.717, 1.165) is 48.1 Å². The van der Waals surface area contributed by atoms with Gasteiger partial charge < -0.3 is 14.1 Å². The van der Waals surface area contributed by atoms with Crippen molar-refractivity contribution in [1.29, 1.82) is 0 Å². The van der Waals surface area contributed by atoms with Crippen LogP contribution in [0.1, 0.15) is 39.2 Å². The van der Waals surface area contributed by atoms with E-state index < -0.39 is 0 Å². The lowest BCUT2D eigenvalue weighted by molar-refractivity contribution is -0.134. The zero-order valence-corrected chi connectivity index (χ0v) is 20.0. The molecule has 0 atom stereocenters. The van der Waals surface area contributed by atoms with Gasteiger partial charge in [-0.15, -0.1) is 0 Å². The first-order chi connectivity index (χ1) is 16.0. The van der Waals surface area contributed by atoms with Crippen LogP contribution in [0.5, 0.6) is 10.9 Å². The Hall–Kier alpha value is -2.97. The van der Waals surface area contributed by atoms with Crippen LogP contribution >= 0.6 is 11.3 Å². The van der Waals surface area contributed by atoms with Gasteiger partial charge in [-0.2, -0.15) is 4.98 Å². The van der Waals surface area contributed by atoms with Crippen LogP contribution in [-0.2, 0) is 11.3 Å². The van der Waals surface area contributed by atoms with Crippen LogP contribution in [0.25, 0.3) is 21.3 Å². The molecule has 1 aliphatic heterocycles. The van der Waals surface area contributed by atoms with Crippen LogP contribution in [0.15, 0.2) is 47.2 Å². The molecule has 0 bridgehead atoms. The smallest absolute Gasteiger partial charge is 0.281 e. The summed E-state index contributed by atoms with van der Waals surface area (Å²) in [5, 5.41) is 1.67. The van der Waals surface area contributed by atoms with E-state index in [-0.39, 0.29) is 11.9 Å². The Morgan fingerprint density at radius 1 is 1.30 bits per heavy atom. The average molecular weight is 465 g/mol. The number of carbonyl (C=O) groups is 1. The lowest BCUT2D eigenvalue weighted by Crippen LogP contribution is -2.49. The maximum atomic E-state index is 12.0. The minimum absolute atomic E-state index is 0.171. The van der Waals surface area contributed by atoms with Gasteiger partial charge in [0.1, 0.15) is 11.3 Å². The van der Waals surface area contributed by atoms with E-state index in [4.69, 9.17) is 9.15 Å². The molecule has 0 N–H and O–H groups in total. The molecule has 1 aromatic carbocycles. The van der Waals surface area contributed by atoms with Crippen LogP contribution in [0.2, 0.25) is 0 Å². The molecule has 33 heavy (non-hydrogen) atoms. The highest BCUT2D eigenvalue weighted by molar-refractivity contribution is 7.20. The van der Waals surface area contributed by atoms with E-state index in [9.17, 15) is 4.79 Å². The maximum absolute atomic E-state index is 12.0. The minimum atomic E-state index is 0.171. The Labute approximate surface area is 197 Å². The monoisotopic (exact) mass is 464 g/mol. The number of benzene rings is 1. The predicted molar refractivity (Wildman–Crippen MR) is 130 cm³/mol. The number of fused-ring (bicyclic) bond motifs is 2. The van der Waals surface area contributed by atoms with Gasteiger partial charge in [-0.05, 0) is 51.0 Å². The van der Waals surface area contributed by atoms with Crippen LogP contribution in [0, 0.1) is 0 Å². The number of furan rings is 1. The molecule has 0 spiro atoms. The Bertz CT molecular complexity index is 1240. The fourth-order valence-electron chi connectivity index (χ4n) is 4.78. The lowest BCUT2D eigenvalue weighted by atomic mass is 10.0. The molecule has 1 fully saturated rings. The van der Waals surface area contributed by atoms with Gasteiger partial charge in [-0.1, -0.05) is 11.3 Å². The van der Waals surface area contributed by atoms with Crippen LogP contribution in [0.4, 0.5) is 0 Å². The molecule has 4 heterocycles. The standard InChI is InChI=1S/C25H28N4O3S/c1-16(2)29(17(3)30)19-8-11-28(12-9-19)14-18-15-31-22-13-20(6-7-21(18)22)32-25-27-24-23(33-25)5-4-10-26-24/h4-7,10,13,15-16,19H,8-9,11-12,14H2,1-3H3. The molecule has 172 valence electrons. The number of amides is 1. The van der Waals surface area contributed by atoms with Gasteiger partial charge in [0.05, 0.1) is 11.0 Å².